The number of halogens is 1. The zero-order valence-electron chi connectivity index (χ0n) is 19.0. The maximum atomic E-state index is 5.56. The van der Waals surface area contributed by atoms with Crippen molar-refractivity contribution in [1.82, 2.24) is 20.5 Å². The van der Waals surface area contributed by atoms with Gasteiger partial charge in [0.2, 0.25) is 5.88 Å². The van der Waals surface area contributed by atoms with Crippen LogP contribution in [0, 0.1) is 0 Å². The molecule has 1 fully saturated rings. The molecule has 1 atom stereocenters. The van der Waals surface area contributed by atoms with Crippen molar-refractivity contribution in [2.45, 2.75) is 19.5 Å². The van der Waals surface area contributed by atoms with Gasteiger partial charge in [-0.25, -0.2) is 9.98 Å². The Labute approximate surface area is 207 Å². The van der Waals surface area contributed by atoms with Crippen LogP contribution < -0.4 is 20.1 Å². The molecule has 8 nitrogen and oxygen atoms in total. The normalized spacial score (nSPS) is 15.4. The number of pyridine rings is 1. The number of aromatic nitrogens is 1. The summed E-state index contributed by atoms with van der Waals surface area (Å²) in [6.07, 6.45) is 0. The first-order valence-electron chi connectivity index (χ1n) is 10.7. The van der Waals surface area contributed by atoms with Crippen LogP contribution in [0.15, 0.2) is 47.5 Å². The number of aliphatic imine (C=N–C) groups is 1. The van der Waals surface area contributed by atoms with Crippen molar-refractivity contribution < 1.29 is 14.2 Å². The fourth-order valence-electron chi connectivity index (χ4n) is 3.53. The van der Waals surface area contributed by atoms with Gasteiger partial charge in [-0.05, 0) is 30.7 Å². The molecule has 1 aliphatic rings. The third-order valence-electron chi connectivity index (χ3n) is 5.18. The van der Waals surface area contributed by atoms with Crippen LogP contribution in [0.3, 0.4) is 0 Å². The Morgan fingerprint density at radius 2 is 1.84 bits per heavy atom. The highest BCUT2D eigenvalue weighted by Gasteiger charge is 2.23. The van der Waals surface area contributed by atoms with E-state index < -0.39 is 0 Å². The second-order valence-corrected chi connectivity index (χ2v) is 7.18. The molecule has 32 heavy (non-hydrogen) atoms. The first-order valence-corrected chi connectivity index (χ1v) is 10.7. The first-order chi connectivity index (χ1) is 15.2. The topological polar surface area (TPSA) is 80.2 Å². The van der Waals surface area contributed by atoms with Crippen LogP contribution in [-0.4, -0.2) is 69.5 Å². The highest BCUT2D eigenvalue weighted by molar-refractivity contribution is 14.0. The van der Waals surface area contributed by atoms with Crippen LogP contribution in [0.4, 0.5) is 0 Å². The largest absolute Gasteiger partial charge is 0.497 e. The molecule has 9 heteroatoms. The molecular weight excluding hydrogens is 521 g/mol. The highest BCUT2D eigenvalue weighted by Crippen LogP contribution is 2.23. The van der Waals surface area contributed by atoms with Crippen LogP contribution in [0.2, 0.25) is 0 Å². The molecule has 0 amide bonds. The third-order valence-corrected chi connectivity index (χ3v) is 5.18. The minimum Gasteiger partial charge on any atom is -0.497 e. The van der Waals surface area contributed by atoms with Crippen LogP contribution in [0.25, 0.3) is 0 Å². The van der Waals surface area contributed by atoms with E-state index >= 15 is 0 Å². The molecule has 1 unspecified atom stereocenters. The van der Waals surface area contributed by atoms with Gasteiger partial charge in [-0.15, -0.1) is 24.0 Å². The Hall–Kier alpha value is -2.11. The molecule has 0 saturated carbocycles. The summed E-state index contributed by atoms with van der Waals surface area (Å²) in [5.41, 5.74) is 2.09. The fourth-order valence-corrected chi connectivity index (χ4v) is 3.53. The molecule has 1 aromatic heterocycles. The minimum absolute atomic E-state index is 0. The van der Waals surface area contributed by atoms with E-state index in [-0.39, 0.29) is 30.0 Å². The zero-order valence-corrected chi connectivity index (χ0v) is 21.4. The van der Waals surface area contributed by atoms with Gasteiger partial charge in [-0.3, -0.25) is 4.90 Å². The summed E-state index contributed by atoms with van der Waals surface area (Å²) >= 11 is 0. The minimum atomic E-state index is 0. The number of guanidine groups is 1. The van der Waals surface area contributed by atoms with E-state index in [1.165, 1.54) is 5.56 Å². The molecule has 0 aliphatic carbocycles. The summed E-state index contributed by atoms with van der Waals surface area (Å²) in [6, 6.07) is 14.2. The molecule has 1 aliphatic heterocycles. The molecule has 3 rings (SSSR count). The quantitative estimate of drug-likeness (QED) is 0.280. The number of hydrogen-bond acceptors (Lipinski definition) is 6. The van der Waals surface area contributed by atoms with Gasteiger partial charge in [0, 0.05) is 32.2 Å². The molecule has 176 valence electrons. The van der Waals surface area contributed by atoms with Crippen LogP contribution in [0.1, 0.15) is 24.2 Å². The number of benzene rings is 1. The van der Waals surface area contributed by atoms with E-state index in [1.807, 2.05) is 30.3 Å². The lowest BCUT2D eigenvalue weighted by Crippen LogP contribution is -2.46. The Balaban J connectivity index is 0.00000363. The van der Waals surface area contributed by atoms with Crippen LogP contribution in [0.5, 0.6) is 11.6 Å². The number of methoxy groups -OCH3 is 2. The van der Waals surface area contributed by atoms with Crippen molar-refractivity contribution in [2.75, 3.05) is 53.6 Å². The third kappa shape index (κ3) is 7.79. The average Bonchev–Trinajstić information content (AvgIpc) is 2.83. The lowest BCUT2D eigenvalue weighted by Gasteiger charge is -2.35. The van der Waals surface area contributed by atoms with Gasteiger partial charge >= 0.3 is 0 Å². The summed E-state index contributed by atoms with van der Waals surface area (Å²) in [5, 5.41) is 6.84. The van der Waals surface area contributed by atoms with E-state index in [4.69, 9.17) is 19.2 Å². The molecule has 1 saturated heterocycles. The summed E-state index contributed by atoms with van der Waals surface area (Å²) < 4.78 is 16.1. The Kier molecular flexibility index (Phi) is 11.5. The average molecular weight is 555 g/mol. The van der Waals surface area contributed by atoms with Crippen molar-refractivity contribution >= 4 is 29.9 Å². The van der Waals surface area contributed by atoms with Crippen molar-refractivity contribution in [3.8, 4) is 11.6 Å². The van der Waals surface area contributed by atoms with E-state index in [1.54, 1.807) is 14.2 Å². The summed E-state index contributed by atoms with van der Waals surface area (Å²) in [6.45, 7) is 7.34. The molecule has 0 radical (unpaired) electrons. The number of morpholine rings is 1. The maximum absolute atomic E-state index is 5.56. The summed E-state index contributed by atoms with van der Waals surface area (Å²) in [4.78, 5) is 11.6. The smallest absolute Gasteiger partial charge is 0.213 e. The number of nitrogens with one attached hydrogen (secondary N) is 2. The van der Waals surface area contributed by atoms with E-state index in [0.717, 1.165) is 56.8 Å². The van der Waals surface area contributed by atoms with Gasteiger partial charge in [0.15, 0.2) is 5.96 Å². The predicted octanol–water partition coefficient (Wildman–Crippen LogP) is 2.85. The van der Waals surface area contributed by atoms with Crippen LogP contribution >= 0.6 is 24.0 Å². The molecular formula is C23H34IN5O3. The fraction of sp³-hybridized carbons (Fsp3) is 0.478. The molecule has 0 bridgehead atoms. The SMILES string of the molecule is CCNC(=NCc1cccc(OC)n1)NCC(c1ccc(OC)cc1)N1CCOCC1.I. The lowest BCUT2D eigenvalue weighted by atomic mass is 10.0. The van der Waals surface area contributed by atoms with Gasteiger partial charge in [-0.2, -0.15) is 0 Å². The Morgan fingerprint density at radius 1 is 1.09 bits per heavy atom. The monoisotopic (exact) mass is 555 g/mol. The van der Waals surface area contributed by atoms with Gasteiger partial charge < -0.3 is 24.8 Å². The molecule has 2 N–H and O–H groups in total. The predicted molar refractivity (Wildman–Crippen MR) is 137 cm³/mol. The number of ether oxygens (including phenoxy) is 3. The zero-order chi connectivity index (χ0) is 21.9. The number of hydrogen-bond donors (Lipinski definition) is 2. The number of rotatable bonds is 9. The van der Waals surface area contributed by atoms with Gasteiger partial charge in [-0.1, -0.05) is 18.2 Å². The standard InChI is InChI=1S/C23H33N5O3.HI/c1-4-24-23(25-16-19-6-5-7-22(27-19)30-3)26-17-21(28-12-14-31-15-13-28)18-8-10-20(29-2)11-9-18;/h5-11,21H,4,12-17H2,1-3H3,(H2,24,25,26);1H. The molecule has 0 spiro atoms. The van der Waals surface area contributed by atoms with Gasteiger partial charge in [0.25, 0.3) is 0 Å². The maximum Gasteiger partial charge on any atom is 0.213 e. The first kappa shape index (κ1) is 26.1. The second kappa shape index (κ2) is 14.1. The van der Waals surface area contributed by atoms with Crippen LogP contribution in [-0.2, 0) is 11.3 Å². The van der Waals surface area contributed by atoms with Crippen molar-refractivity contribution in [2.24, 2.45) is 4.99 Å². The molecule has 2 aromatic rings. The highest BCUT2D eigenvalue weighted by atomic mass is 127. The summed E-state index contributed by atoms with van der Waals surface area (Å²) in [7, 11) is 3.30. The number of nitrogens with zero attached hydrogens (tertiary/aromatic N) is 3. The molecule has 1 aromatic carbocycles. The molecule has 2 heterocycles. The van der Waals surface area contributed by atoms with Gasteiger partial charge in [0.1, 0.15) is 5.75 Å². The Bertz CT molecular complexity index is 829. The van der Waals surface area contributed by atoms with E-state index in [9.17, 15) is 0 Å². The van der Waals surface area contributed by atoms with E-state index in [2.05, 4.69) is 39.6 Å². The van der Waals surface area contributed by atoms with Crippen molar-refractivity contribution in [1.29, 1.82) is 0 Å². The second-order valence-electron chi connectivity index (χ2n) is 7.18. The van der Waals surface area contributed by atoms with Gasteiger partial charge in [0.05, 0.1) is 45.7 Å². The lowest BCUT2D eigenvalue weighted by molar-refractivity contribution is 0.0170. The van der Waals surface area contributed by atoms with Crippen molar-refractivity contribution in [3.63, 3.8) is 0 Å². The van der Waals surface area contributed by atoms with E-state index in [0.29, 0.717) is 12.4 Å². The Morgan fingerprint density at radius 3 is 2.50 bits per heavy atom. The summed E-state index contributed by atoms with van der Waals surface area (Å²) in [5.74, 6) is 2.22. The van der Waals surface area contributed by atoms with Crippen molar-refractivity contribution in [3.05, 3.63) is 53.7 Å².